The molecule has 0 aliphatic carbocycles. The Morgan fingerprint density at radius 1 is 1.44 bits per heavy atom. The topological polar surface area (TPSA) is 102 Å². The van der Waals surface area contributed by atoms with Crippen LogP contribution in [0.3, 0.4) is 0 Å². The summed E-state index contributed by atoms with van der Waals surface area (Å²) in [5, 5.41) is 10.8. The lowest BCUT2D eigenvalue weighted by Gasteiger charge is -2.04. The molecule has 6 nitrogen and oxygen atoms in total. The Morgan fingerprint density at radius 3 is 2.50 bits per heavy atom. The van der Waals surface area contributed by atoms with Gasteiger partial charge in [-0.15, -0.1) is 0 Å². The van der Waals surface area contributed by atoms with Crippen molar-refractivity contribution in [3.63, 3.8) is 0 Å². The summed E-state index contributed by atoms with van der Waals surface area (Å²) in [6.45, 7) is 1.36. The van der Waals surface area contributed by atoms with E-state index in [1.54, 1.807) is 12.1 Å². The standard InChI is InChI=1S/C9H12N2O4S/c1-7-2-4-8(5-3-7)16(13,14)15-6-9(10)11-12/h2-5,12H,6H2,1H3,(H2,10,11). The fourth-order valence-corrected chi connectivity index (χ4v) is 1.82. The van der Waals surface area contributed by atoms with Crippen molar-refractivity contribution < 1.29 is 17.8 Å². The SMILES string of the molecule is Cc1ccc(S(=O)(=O)OCC(N)=NO)cc1. The van der Waals surface area contributed by atoms with E-state index in [4.69, 9.17) is 10.9 Å². The molecule has 0 bridgehead atoms. The largest absolute Gasteiger partial charge is 0.409 e. The minimum absolute atomic E-state index is 0.0313. The monoisotopic (exact) mass is 244 g/mol. The Labute approximate surface area is 93.5 Å². The van der Waals surface area contributed by atoms with Gasteiger partial charge in [-0.1, -0.05) is 22.9 Å². The maximum Gasteiger partial charge on any atom is 0.297 e. The van der Waals surface area contributed by atoms with Crippen molar-refractivity contribution in [3.05, 3.63) is 29.8 Å². The van der Waals surface area contributed by atoms with Crippen molar-refractivity contribution in [2.24, 2.45) is 10.9 Å². The third-order valence-corrected chi connectivity index (χ3v) is 3.08. The second kappa shape index (κ2) is 4.95. The van der Waals surface area contributed by atoms with Crippen molar-refractivity contribution in [2.75, 3.05) is 6.61 Å². The molecule has 0 amide bonds. The minimum atomic E-state index is -3.85. The Kier molecular flexibility index (Phi) is 3.86. The first kappa shape index (κ1) is 12.5. The molecule has 0 saturated heterocycles. The number of hydrogen-bond acceptors (Lipinski definition) is 5. The highest BCUT2D eigenvalue weighted by Gasteiger charge is 2.15. The fourth-order valence-electron chi connectivity index (χ4n) is 0.940. The number of nitrogens with two attached hydrogens (primary N) is 1. The van der Waals surface area contributed by atoms with Gasteiger partial charge in [0.05, 0.1) is 4.90 Å². The molecule has 1 aromatic rings. The fraction of sp³-hybridized carbons (Fsp3) is 0.222. The number of benzene rings is 1. The van der Waals surface area contributed by atoms with Gasteiger partial charge < -0.3 is 10.9 Å². The van der Waals surface area contributed by atoms with Gasteiger partial charge in [0, 0.05) is 0 Å². The lowest BCUT2D eigenvalue weighted by Crippen LogP contribution is -2.21. The van der Waals surface area contributed by atoms with E-state index in [9.17, 15) is 8.42 Å². The van der Waals surface area contributed by atoms with Crippen LogP contribution >= 0.6 is 0 Å². The summed E-state index contributed by atoms with van der Waals surface area (Å²) in [6, 6.07) is 6.16. The molecule has 0 radical (unpaired) electrons. The smallest absolute Gasteiger partial charge is 0.297 e. The van der Waals surface area contributed by atoms with Gasteiger partial charge in [-0.05, 0) is 19.1 Å². The van der Waals surface area contributed by atoms with Crippen LogP contribution in [0.25, 0.3) is 0 Å². The number of oxime groups is 1. The van der Waals surface area contributed by atoms with Gasteiger partial charge in [-0.25, -0.2) is 0 Å². The third-order valence-electron chi connectivity index (χ3n) is 1.80. The van der Waals surface area contributed by atoms with E-state index in [1.807, 2.05) is 6.92 Å². The molecule has 3 N–H and O–H groups in total. The zero-order chi connectivity index (χ0) is 12.2. The average molecular weight is 244 g/mol. The van der Waals surface area contributed by atoms with Crippen LogP contribution in [0.1, 0.15) is 5.56 Å². The van der Waals surface area contributed by atoms with E-state index >= 15 is 0 Å². The van der Waals surface area contributed by atoms with Gasteiger partial charge in [-0.3, -0.25) is 4.18 Å². The molecule has 0 unspecified atom stereocenters. The summed E-state index contributed by atoms with van der Waals surface area (Å²) >= 11 is 0. The lowest BCUT2D eigenvalue weighted by molar-refractivity contribution is 0.307. The summed E-state index contributed by atoms with van der Waals surface area (Å²) in [5.74, 6) is -0.310. The van der Waals surface area contributed by atoms with Crippen LogP contribution in [0.15, 0.2) is 34.3 Å². The van der Waals surface area contributed by atoms with Crippen LogP contribution < -0.4 is 5.73 Å². The Bertz CT molecular complexity index is 479. The molecular weight excluding hydrogens is 232 g/mol. The highest BCUT2D eigenvalue weighted by atomic mass is 32.2. The quantitative estimate of drug-likeness (QED) is 0.263. The molecule has 16 heavy (non-hydrogen) atoms. The maximum atomic E-state index is 11.5. The van der Waals surface area contributed by atoms with Gasteiger partial charge >= 0.3 is 0 Å². The molecule has 1 rings (SSSR count). The summed E-state index contributed by atoms with van der Waals surface area (Å²) in [7, 11) is -3.85. The maximum absolute atomic E-state index is 11.5. The molecule has 1 aromatic carbocycles. The number of amidine groups is 1. The molecule has 0 atom stereocenters. The molecule has 88 valence electrons. The number of hydrogen-bond donors (Lipinski definition) is 2. The van der Waals surface area contributed by atoms with Crippen LogP contribution in [0.2, 0.25) is 0 Å². The van der Waals surface area contributed by atoms with Gasteiger partial charge in [-0.2, -0.15) is 8.42 Å². The van der Waals surface area contributed by atoms with E-state index < -0.39 is 16.7 Å². The highest BCUT2D eigenvalue weighted by molar-refractivity contribution is 7.86. The van der Waals surface area contributed by atoms with E-state index in [-0.39, 0.29) is 10.7 Å². The van der Waals surface area contributed by atoms with Gasteiger partial charge in [0.1, 0.15) is 6.61 Å². The summed E-state index contributed by atoms with van der Waals surface area (Å²) in [6.07, 6.45) is 0. The van der Waals surface area contributed by atoms with E-state index in [1.165, 1.54) is 12.1 Å². The van der Waals surface area contributed by atoms with Crippen molar-refractivity contribution in [2.45, 2.75) is 11.8 Å². The van der Waals surface area contributed by atoms with E-state index in [0.29, 0.717) is 0 Å². The third kappa shape index (κ3) is 3.21. The number of nitrogens with zero attached hydrogens (tertiary/aromatic N) is 1. The lowest BCUT2D eigenvalue weighted by atomic mass is 10.2. The summed E-state index contributed by atoms with van der Waals surface area (Å²) < 4.78 is 27.7. The first-order valence-electron chi connectivity index (χ1n) is 4.38. The highest BCUT2D eigenvalue weighted by Crippen LogP contribution is 2.12. The van der Waals surface area contributed by atoms with Crippen molar-refractivity contribution in [1.29, 1.82) is 0 Å². The molecule has 0 heterocycles. The number of aryl methyl sites for hydroxylation is 1. The Morgan fingerprint density at radius 2 is 2.00 bits per heavy atom. The van der Waals surface area contributed by atoms with Crippen LogP contribution in [-0.2, 0) is 14.3 Å². The molecule has 7 heteroatoms. The van der Waals surface area contributed by atoms with Crippen LogP contribution in [0, 0.1) is 6.92 Å². The van der Waals surface area contributed by atoms with Gasteiger partial charge in [0.25, 0.3) is 10.1 Å². The van der Waals surface area contributed by atoms with Crippen molar-refractivity contribution in [1.82, 2.24) is 0 Å². The summed E-state index contributed by atoms with van der Waals surface area (Å²) in [4.78, 5) is 0.0313. The second-order valence-corrected chi connectivity index (χ2v) is 4.74. The molecule has 0 saturated carbocycles. The van der Waals surface area contributed by atoms with E-state index in [2.05, 4.69) is 9.34 Å². The Hall–Kier alpha value is -1.60. The van der Waals surface area contributed by atoms with Gasteiger partial charge in [0.15, 0.2) is 5.84 Å². The Balaban J connectivity index is 2.82. The zero-order valence-electron chi connectivity index (χ0n) is 8.62. The molecule has 0 aliphatic heterocycles. The molecule has 0 fully saturated rings. The first-order chi connectivity index (χ1) is 7.45. The predicted molar refractivity (Wildman–Crippen MR) is 57.7 cm³/mol. The molecule has 0 aliphatic rings. The molecule has 0 aromatic heterocycles. The summed E-state index contributed by atoms with van der Waals surface area (Å²) in [5.41, 5.74) is 6.03. The van der Waals surface area contributed by atoms with Crippen molar-refractivity contribution in [3.8, 4) is 0 Å². The zero-order valence-corrected chi connectivity index (χ0v) is 9.44. The van der Waals surface area contributed by atoms with Gasteiger partial charge in [0.2, 0.25) is 0 Å². The second-order valence-electron chi connectivity index (χ2n) is 3.12. The minimum Gasteiger partial charge on any atom is -0.409 e. The van der Waals surface area contributed by atoms with Crippen LogP contribution in [0.5, 0.6) is 0 Å². The van der Waals surface area contributed by atoms with Crippen LogP contribution in [-0.4, -0.2) is 26.1 Å². The van der Waals surface area contributed by atoms with Crippen molar-refractivity contribution >= 4 is 16.0 Å². The first-order valence-corrected chi connectivity index (χ1v) is 5.79. The predicted octanol–water partition coefficient (Wildman–Crippen LogP) is 0.447. The molecular formula is C9H12N2O4S. The number of rotatable bonds is 4. The molecule has 0 spiro atoms. The average Bonchev–Trinajstić information content (AvgIpc) is 2.26. The van der Waals surface area contributed by atoms with E-state index in [0.717, 1.165) is 5.56 Å². The van der Waals surface area contributed by atoms with Crippen LogP contribution in [0.4, 0.5) is 0 Å². The normalized spacial score (nSPS) is 12.7.